The fourth-order valence-corrected chi connectivity index (χ4v) is 1.96. The molecular formula is C14H10ClN3O. The molecule has 0 unspecified atom stereocenters. The second kappa shape index (κ2) is 5.20. The predicted molar refractivity (Wildman–Crippen MR) is 71.8 cm³/mol. The molecule has 4 nitrogen and oxygen atoms in total. The Morgan fingerprint density at radius 2 is 2.05 bits per heavy atom. The molecule has 19 heavy (non-hydrogen) atoms. The molecule has 0 N–H and O–H groups in total. The van der Waals surface area contributed by atoms with Gasteiger partial charge in [-0.3, -0.25) is 4.98 Å². The van der Waals surface area contributed by atoms with Crippen LogP contribution in [0, 0.1) is 0 Å². The SMILES string of the molecule is Clc1cccc(Cc2nc(-c3ccccn3)no2)c1. The molecule has 0 saturated carbocycles. The average Bonchev–Trinajstić information content (AvgIpc) is 2.88. The van der Waals surface area contributed by atoms with Crippen molar-refractivity contribution in [1.29, 1.82) is 0 Å². The Morgan fingerprint density at radius 1 is 1.11 bits per heavy atom. The van der Waals surface area contributed by atoms with Gasteiger partial charge in [-0.1, -0.05) is 35.0 Å². The summed E-state index contributed by atoms with van der Waals surface area (Å²) in [6.07, 6.45) is 2.25. The Morgan fingerprint density at radius 3 is 2.84 bits per heavy atom. The maximum absolute atomic E-state index is 5.94. The van der Waals surface area contributed by atoms with Gasteiger partial charge in [0.2, 0.25) is 11.7 Å². The van der Waals surface area contributed by atoms with Gasteiger partial charge >= 0.3 is 0 Å². The van der Waals surface area contributed by atoms with Gasteiger partial charge in [0.15, 0.2) is 0 Å². The van der Waals surface area contributed by atoms with Gasteiger partial charge in [0.05, 0.1) is 6.42 Å². The molecule has 0 aliphatic heterocycles. The molecule has 94 valence electrons. The van der Waals surface area contributed by atoms with Crippen LogP contribution in [0.1, 0.15) is 11.5 Å². The van der Waals surface area contributed by atoms with Crippen molar-refractivity contribution in [2.45, 2.75) is 6.42 Å². The quantitative estimate of drug-likeness (QED) is 0.733. The van der Waals surface area contributed by atoms with E-state index in [1.807, 2.05) is 42.5 Å². The van der Waals surface area contributed by atoms with Gasteiger partial charge in [-0.15, -0.1) is 0 Å². The first kappa shape index (κ1) is 11.9. The second-order valence-electron chi connectivity index (χ2n) is 4.03. The van der Waals surface area contributed by atoms with Crippen LogP contribution < -0.4 is 0 Å². The van der Waals surface area contributed by atoms with E-state index in [1.54, 1.807) is 6.20 Å². The van der Waals surface area contributed by atoms with Crippen molar-refractivity contribution >= 4 is 11.6 Å². The monoisotopic (exact) mass is 271 g/mol. The van der Waals surface area contributed by atoms with E-state index in [9.17, 15) is 0 Å². The van der Waals surface area contributed by atoms with Crippen molar-refractivity contribution < 1.29 is 4.52 Å². The summed E-state index contributed by atoms with van der Waals surface area (Å²) in [6, 6.07) is 13.1. The Bertz CT molecular complexity index is 682. The predicted octanol–water partition coefficient (Wildman–Crippen LogP) is 3.38. The number of hydrogen-bond donors (Lipinski definition) is 0. The van der Waals surface area contributed by atoms with E-state index in [1.165, 1.54) is 0 Å². The molecular weight excluding hydrogens is 262 g/mol. The van der Waals surface area contributed by atoms with E-state index in [-0.39, 0.29) is 0 Å². The van der Waals surface area contributed by atoms with Gasteiger partial charge in [-0.05, 0) is 29.8 Å². The molecule has 2 heterocycles. The van der Waals surface area contributed by atoms with Gasteiger partial charge in [0.1, 0.15) is 5.69 Å². The standard InChI is InChI=1S/C14H10ClN3O/c15-11-5-3-4-10(8-11)9-13-17-14(18-19-13)12-6-1-2-7-16-12/h1-8H,9H2. The third kappa shape index (κ3) is 2.80. The first-order valence-corrected chi connectivity index (χ1v) is 6.17. The highest BCUT2D eigenvalue weighted by atomic mass is 35.5. The number of aromatic nitrogens is 3. The van der Waals surface area contributed by atoms with Gasteiger partial charge in [-0.2, -0.15) is 4.98 Å². The van der Waals surface area contributed by atoms with Crippen molar-refractivity contribution in [2.24, 2.45) is 0 Å². The van der Waals surface area contributed by atoms with Gasteiger partial charge in [0.25, 0.3) is 0 Å². The summed E-state index contributed by atoms with van der Waals surface area (Å²) in [5.41, 5.74) is 1.73. The van der Waals surface area contributed by atoms with E-state index in [0.29, 0.717) is 28.9 Å². The highest BCUT2D eigenvalue weighted by Gasteiger charge is 2.09. The largest absolute Gasteiger partial charge is 0.339 e. The zero-order chi connectivity index (χ0) is 13.1. The summed E-state index contributed by atoms with van der Waals surface area (Å²) in [5, 5.41) is 4.62. The smallest absolute Gasteiger partial charge is 0.231 e. The Hall–Kier alpha value is -2.20. The summed E-state index contributed by atoms with van der Waals surface area (Å²) >= 11 is 5.94. The van der Waals surface area contributed by atoms with Crippen molar-refractivity contribution in [1.82, 2.24) is 15.1 Å². The highest BCUT2D eigenvalue weighted by Crippen LogP contribution is 2.16. The minimum absolute atomic E-state index is 0.498. The molecule has 3 rings (SSSR count). The molecule has 5 heteroatoms. The molecule has 0 aliphatic carbocycles. The van der Waals surface area contributed by atoms with Crippen LogP contribution in [-0.4, -0.2) is 15.1 Å². The molecule has 0 atom stereocenters. The molecule has 0 aliphatic rings. The number of halogens is 1. The number of pyridine rings is 1. The maximum atomic E-state index is 5.94. The van der Waals surface area contributed by atoms with Crippen molar-refractivity contribution in [2.75, 3.05) is 0 Å². The van der Waals surface area contributed by atoms with E-state index >= 15 is 0 Å². The Kier molecular flexibility index (Phi) is 3.25. The number of hydrogen-bond acceptors (Lipinski definition) is 4. The van der Waals surface area contributed by atoms with Crippen LogP contribution in [-0.2, 0) is 6.42 Å². The molecule has 0 spiro atoms. The minimum atomic E-state index is 0.498. The van der Waals surface area contributed by atoms with E-state index in [4.69, 9.17) is 16.1 Å². The molecule has 1 aromatic carbocycles. The van der Waals surface area contributed by atoms with Crippen LogP contribution >= 0.6 is 11.6 Å². The lowest BCUT2D eigenvalue weighted by molar-refractivity contribution is 0.385. The van der Waals surface area contributed by atoms with Crippen molar-refractivity contribution in [3.8, 4) is 11.5 Å². The number of nitrogens with zero attached hydrogens (tertiary/aromatic N) is 3. The molecule has 0 saturated heterocycles. The summed E-state index contributed by atoms with van der Waals surface area (Å²) < 4.78 is 5.22. The highest BCUT2D eigenvalue weighted by molar-refractivity contribution is 6.30. The van der Waals surface area contributed by atoms with Crippen molar-refractivity contribution in [3.05, 3.63) is 65.1 Å². The van der Waals surface area contributed by atoms with Crippen LogP contribution in [0.15, 0.2) is 53.2 Å². The molecule has 2 aromatic heterocycles. The van der Waals surface area contributed by atoms with Crippen LogP contribution in [0.2, 0.25) is 5.02 Å². The number of benzene rings is 1. The first-order valence-electron chi connectivity index (χ1n) is 5.80. The summed E-state index contributed by atoms with van der Waals surface area (Å²) in [6.45, 7) is 0. The molecule has 0 radical (unpaired) electrons. The molecule has 0 bridgehead atoms. The van der Waals surface area contributed by atoms with Crippen LogP contribution in [0.5, 0.6) is 0 Å². The molecule has 3 aromatic rings. The van der Waals surface area contributed by atoms with Crippen LogP contribution in [0.4, 0.5) is 0 Å². The minimum Gasteiger partial charge on any atom is -0.339 e. The lowest BCUT2D eigenvalue weighted by atomic mass is 10.1. The van der Waals surface area contributed by atoms with E-state index < -0.39 is 0 Å². The molecule has 0 fully saturated rings. The fraction of sp³-hybridized carbons (Fsp3) is 0.0714. The summed E-state index contributed by atoms with van der Waals surface area (Å²) in [7, 11) is 0. The normalized spacial score (nSPS) is 10.6. The van der Waals surface area contributed by atoms with Crippen LogP contribution in [0.25, 0.3) is 11.5 Å². The zero-order valence-corrected chi connectivity index (χ0v) is 10.7. The lowest BCUT2D eigenvalue weighted by Crippen LogP contribution is -1.89. The number of rotatable bonds is 3. The van der Waals surface area contributed by atoms with Gasteiger partial charge < -0.3 is 4.52 Å². The van der Waals surface area contributed by atoms with E-state index in [2.05, 4.69) is 15.1 Å². The Balaban J connectivity index is 1.82. The fourth-order valence-electron chi connectivity index (χ4n) is 1.75. The van der Waals surface area contributed by atoms with Crippen LogP contribution in [0.3, 0.4) is 0 Å². The molecule has 0 amide bonds. The topological polar surface area (TPSA) is 51.8 Å². The third-order valence-electron chi connectivity index (χ3n) is 2.61. The maximum Gasteiger partial charge on any atom is 0.231 e. The zero-order valence-electron chi connectivity index (χ0n) is 9.95. The average molecular weight is 272 g/mol. The summed E-state index contributed by atoms with van der Waals surface area (Å²) in [4.78, 5) is 8.50. The summed E-state index contributed by atoms with van der Waals surface area (Å²) in [5.74, 6) is 1.04. The first-order chi connectivity index (χ1) is 9.31. The van der Waals surface area contributed by atoms with Crippen molar-refractivity contribution in [3.63, 3.8) is 0 Å². The van der Waals surface area contributed by atoms with Gasteiger partial charge in [-0.25, -0.2) is 0 Å². The Labute approximate surface area is 115 Å². The van der Waals surface area contributed by atoms with Gasteiger partial charge in [0, 0.05) is 11.2 Å². The third-order valence-corrected chi connectivity index (χ3v) is 2.84. The lowest BCUT2D eigenvalue weighted by Gasteiger charge is -1.96. The second-order valence-corrected chi connectivity index (χ2v) is 4.47. The van der Waals surface area contributed by atoms with E-state index in [0.717, 1.165) is 5.56 Å².